The molecule has 0 aliphatic carbocycles. The average molecular weight is 269 g/mol. The summed E-state index contributed by atoms with van der Waals surface area (Å²) in [6.45, 7) is 2.30. The van der Waals surface area contributed by atoms with Crippen molar-refractivity contribution in [1.82, 2.24) is 25.6 Å². The van der Waals surface area contributed by atoms with Gasteiger partial charge in [-0.3, -0.25) is 9.59 Å². The standard InChI is InChI=1S/C10H15N5O4/c1-7(16)11-3-2-9(17)12-4-5-15-6-8(10(18)19)13-14-15/h6H,2-5H2,1H3,(H,11,16)(H,12,17)(H,18,19). The van der Waals surface area contributed by atoms with Crippen LogP contribution in [-0.4, -0.2) is 51.0 Å². The van der Waals surface area contributed by atoms with Gasteiger partial charge in [0, 0.05) is 26.4 Å². The molecule has 1 aromatic heterocycles. The molecule has 9 heteroatoms. The summed E-state index contributed by atoms with van der Waals surface area (Å²) in [7, 11) is 0. The van der Waals surface area contributed by atoms with E-state index in [0.29, 0.717) is 13.1 Å². The van der Waals surface area contributed by atoms with Crippen LogP contribution in [0, 0.1) is 0 Å². The van der Waals surface area contributed by atoms with E-state index in [-0.39, 0.29) is 30.5 Å². The molecule has 0 atom stereocenters. The van der Waals surface area contributed by atoms with Crippen molar-refractivity contribution in [3.63, 3.8) is 0 Å². The number of carbonyl (C=O) groups excluding carboxylic acids is 2. The highest BCUT2D eigenvalue weighted by atomic mass is 16.4. The molecule has 0 unspecified atom stereocenters. The first kappa shape index (κ1) is 14.6. The molecular weight excluding hydrogens is 254 g/mol. The molecule has 104 valence electrons. The summed E-state index contributed by atoms with van der Waals surface area (Å²) in [4.78, 5) is 32.4. The molecule has 1 heterocycles. The van der Waals surface area contributed by atoms with Gasteiger partial charge in [0.2, 0.25) is 11.8 Å². The Bertz CT molecular complexity index is 470. The molecule has 0 radical (unpaired) electrons. The molecule has 1 rings (SSSR count). The summed E-state index contributed by atoms with van der Waals surface area (Å²) in [5.74, 6) is -1.53. The number of hydrogen-bond donors (Lipinski definition) is 3. The molecule has 2 amide bonds. The summed E-state index contributed by atoms with van der Waals surface area (Å²) in [5.41, 5.74) is -0.142. The first-order valence-electron chi connectivity index (χ1n) is 5.63. The monoisotopic (exact) mass is 269 g/mol. The summed E-state index contributed by atoms with van der Waals surface area (Å²) < 4.78 is 1.33. The van der Waals surface area contributed by atoms with Crippen LogP contribution in [0.2, 0.25) is 0 Å². The van der Waals surface area contributed by atoms with Gasteiger partial charge < -0.3 is 15.7 Å². The predicted octanol–water partition coefficient (Wildman–Crippen LogP) is -1.38. The third-order valence-corrected chi connectivity index (χ3v) is 2.15. The van der Waals surface area contributed by atoms with Gasteiger partial charge >= 0.3 is 5.97 Å². The summed E-state index contributed by atoms with van der Waals surface area (Å²) in [6, 6.07) is 0. The van der Waals surface area contributed by atoms with Gasteiger partial charge in [0.1, 0.15) is 0 Å². The maximum Gasteiger partial charge on any atom is 0.358 e. The van der Waals surface area contributed by atoms with Crippen molar-refractivity contribution in [3.8, 4) is 0 Å². The molecule has 0 bridgehead atoms. The highest BCUT2D eigenvalue weighted by molar-refractivity contribution is 5.84. The Morgan fingerprint density at radius 2 is 2.05 bits per heavy atom. The van der Waals surface area contributed by atoms with E-state index in [4.69, 9.17) is 5.11 Å². The SMILES string of the molecule is CC(=O)NCCC(=O)NCCn1cc(C(=O)O)nn1. The Morgan fingerprint density at radius 3 is 2.63 bits per heavy atom. The van der Waals surface area contributed by atoms with Crippen LogP contribution in [0.5, 0.6) is 0 Å². The number of carbonyl (C=O) groups is 3. The Hall–Kier alpha value is -2.45. The lowest BCUT2D eigenvalue weighted by molar-refractivity contribution is -0.121. The van der Waals surface area contributed by atoms with Gasteiger partial charge in [-0.1, -0.05) is 5.21 Å². The molecule has 3 N–H and O–H groups in total. The van der Waals surface area contributed by atoms with Crippen LogP contribution in [0.4, 0.5) is 0 Å². The van der Waals surface area contributed by atoms with Crippen LogP contribution in [0.25, 0.3) is 0 Å². The normalized spacial score (nSPS) is 9.95. The van der Waals surface area contributed by atoms with E-state index in [1.54, 1.807) is 0 Å². The number of aromatic carboxylic acids is 1. The van der Waals surface area contributed by atoms with Crippen LogP contribution < -0.4 is 10.6 Å². The third-order valence-electron chi connectivity index (χ3n) is 2.15. The minimum Gasteiger partial charge on any atom is -0.476 e. The lowest BCUT2D eigenvalue weighted by atomic mass is 10.4. The fraction of sp³-hybridized carbons (Fsp3) is 0.500. The zero-order chi connectivity index (χ0) is 14.3. The molecule has 19 heavy (non-hydrogen) atoms. The fourth-order valence-corrected chi connectivity index (χ4v) is 1.26. The second kappa shape index (κ2) is 7.09. The smallest absolute Gasteiger partial charge is 0.358 e. The molecule has 0 fully saturated rings. The topological polar surface area (TPSA) is 126 Å². The number of rotatable bonds is 7. The van der Waals surface area contributed by atoms with E-state index >= 15 is 0 Å². The van der Waals surface area contributed by atoms with Gasteiger partial charge in [-0.2, -0.15) is 0 Å². The first-order valence-corrected chi connectivity index (χ1v) is 5.63. The maximum absolute atomic E-state index is 11.3. The van der Waals surface area contributed by atoms with E-state index in [1.165, 1.54) is 17.8 Å². The van der Waals surface area contributed by atoms with Crippen LogP contribution in [0.3, 0.4) is 0 Å². The highest BCUT2D eigenvalue weighted by Gasteiger charge is 2.08. The molecule has 0 saturated heterocycles. The zero-order valence-electron chi connectivity index (χ0n) is 10.4. The quantitative estimate of drug-likeness (QED) is 0.560. The van der Waals surface area contributed by atoms with E-state index in [0.717, 1.165) is 0 Å². The van der Waals surface area contributed by atoms with Crippen molar-refractivity contribution in [2.24, 2.45) is 0 Å². The third kappa shape index (κ3) is 5.61. The molecule has 0 aliphatic heterocycles. The van der Waals surface area contributed by atoms with Crippen molar-refractivity contribution in [2.45, 2.75) is 19.9 Å². The van der Waals surface area contributed by atoms with Crippen LogP contribution in [0.1, 0.15) is 23.8 Å². The Kier molecular flexibility index (Phi) is 5.45. The van der Waals surface area contributed by atoms with Gasteiger partial charge in [0.15, 0.2) is 5.69 Å². The molecule has 0 aromatic carbocycles. The minimum absolute atomic E-state index is 0.142. The molecule has 0 aliphatic rings. The average Bonchev–Trinajstić information content (AvgIpc) is 2.77. The molecule has 0 saturated carbocycles. The van der Waals surface area contributed by atoms with Gasteiger partial charge in [-0.05, 0) is 0 Å². The number of carboxylic acids is 1. The lowest BCUT2D eigenvalue weighted by Crippen LogP contribution is -2.31. The van der Waals surface area contributed by atoms with Gasteiger partial charge in [0.25, 0.3) is 0 Å². The predicted molar refractivity (Wildman–Crippen MR) is 63.3 cm³/mol. The number of amides is 2. The number of hydrogen-bond acceptors (Lipinski definition) is 5. The Labute approximate surface area is 109 Å². The van der Waals surface area contributed by atoms with Gasteiger partial charge in [-0.25, -0.2) is 9.48 Å². The van der Waals surface area contributed by atoms with Crippen molar-refractivity contribution in [3.05, 3.63) is 11.9 Å². The Morgan fingerprint density at radius 1 is 1.32 bits per heavy atom. The van der Waals surface area contributed by atoms with E-state index < -0.39 is 5.97 Å². The minimum atomic E-state index is -1.15. The zero-order valence-corrected chi connectivity index (χ0v) is 10.4. The van der Waals surface area contributed by atoms with Crippen molar-refractivity contribution >= 4 is 17.8 Å². The molecule has 0 spiro atoms. The van der Waals surface area contributed by atoms with Crippen LogP contribution in [-0.2, 0) is 16.1 Å². The second-order valence-electron chi connectivity index (χ2n) is 3.75. The van der Waals surface area contributed by atoms with Gasteiger partial charge in [0.05, 0.1) is 12.7 Å². The van der Waals surface area contributed by atoms with E-state index in [9.17, 15) is 14.4 Å². The lowest BCUT2D eigenvalue weighted by Gasteiger charge is -2.05. The summed E-state index contributed by atoms with van der Waals surface area (Å²) in [5, 5.41) is 20.8. The van der Waals surface area contributed by atoms with E-state index in [1.807, 2.05) is 0 Å². The maximum atomic E-state index is 11.3. The molecular formula is C10H15N5O4. The van der Waals surface area contributed by atoms with Crippen molar-refractivity contribution < 1.29 is 19.5 Å². The second-order valence-corrected chi connectivity index (χ2v) is 3.75. The number of carboxylic acid groups (broad SMARTS) is 1. The van der Waals surface area contributed by atoms with Crippen LogP contribution >= 0.6 is 0 Å². The Balaban J connectivity index is 2.20. The summed E-state index contributed by atoms with van der Waals surface area (Å²) >= 11 is 0. The number of nitrogens with one attached hydrogen (secondary N) is 2. The molecule has 9 nitrogen and oxygen atoms in total. The van der Waals surface area contributed by atoms with Gasteiger partial charge in [-0.15, -0.1) is 5.10 Å². The first-order chi connectivity index (χ1) is 8.99. The van der Waals surface area contributed by atoms with E-state index in [2.05, 4.69) is 20.9 Å². The fourth-order valence-electron chi connectivity index (χ4n) is 1.26. The van der Waals surface area contributed by atoms with Crippen molar-refractivity contribution in [2.75, 3.05) is 13.1 Å². The highest BCUT2D eigenvalue weighted by Crippen LogP contribution is 1.91. The molecule has 1 aromatic rings. The van der Waals surface area contributed by atoms with Crippen LogP contribution in [0.15, 0.2) is 6.20 Å². The number of nitrogens with zero attached hydrogens (tertiary/aromatic N) is 3. The van der Waals surface area contributed by atoms with Crippen molar-refractivity contribution in [1.29, 1.82) is 0 Å². The number of aromatic nitrogens is 3. The summed E-state index contributed by atoms with van der Waals surface area (Å²) in [6.07, 6.45) is 1.48. The largest absolute Gasteiger partial charge is 0.476 e.